The number of nitrogens with one attached hydrogen (secondary N) is 1. The number of anilines is 1. The number of hydrogen-bond acceptors (Lipinski definition) is 4. The molecule has 118 valence electrons. The Hall–Kier alpha value is -0.140. The number of para-hydroxylation sites is 1. The molecule has 0 bridgehead atoms. The van der Waals surface area contributed by atoms with Crippen LogP contribution >= 0.6 is 25.3 Å². The molecule has 0 aliphatic heterocycles. The molecule has 2 N–H and O–H groups in total. The maximum Gasteiger partial charge on any atom is 1.00 e. The van der Waals surface area contributed by atoms with Gasteiger partial charge in [-0.2, -0.15) is 25.3 Å². The zero-order valence-corrected chi connectivity index (χ0v) is 16.6. The van der Waals surface area contributed by atoms with E-state index in [1.165, 1.54) is 6.07 Å². The van der Waals surface area contributed by atoms with Gasteiger partial charge in [-0.3, -0.25) is 4.79 Å². The number of carboxylic acid groups (broad SMARTS) is 1. The van der Waals surface area contributed by atoms with Crippen molar-refractivity contribution in [3.63, 3.8) is 0 Å². The summed E-state index contributed by atoms with van der Waals surface area (Å²) in [5, 5.41) is 12.0. The minimum atomic E-state index is -1.05. The molecule has 0 heterocycles. The van der Waals surface area contributed by atoms with Gasteiger partial charge in [-0.15, -0.1) is 0 Å². The van der Waals surface area contributed by atoms with Crippen molar-refractivity contribution in [1.29, 1.82) is 0 Å². The molecule has 1 aromatic rings. The van der Waals surface area contributed by atoms with E-state index >= 15 is 0 Å². The molecular weight excluding hydrogens is 329 g/mol. The number of thiol groups is 2. The summed E-state index contributed by atoms with van der Waals surface area (Å²) in [7, 11) is 0. The summed E-state index contributed by atoms with van der Waals surface area (Å²) in [6, 6.07) is 6.40. The fraction of sp³-hybridized carbons (Fsp3) is 0.467. The normalized spacial score (nSPS) is 11.4. The Bertz CT molecular complexity index is 492. The Morgan fingerprint density at radius 2 is 1.91 bits per heavy atom. The molecule has 0 aliphatic rings. The number of benzene rings is 1. The number of carbonyl (C=O) groups excluding carboxylic acids is 1. The van der Waals surface area contributed by atoms with Crippen LogP contribution in [0.5, 0.6) is 0 Å². The number of carboxylic acids is 1. The maximum atomic E-state index is 11.8. The van der Waals surface area contributed by atoms with Gasteiger partial charge in [0.15, 0.2) is 0 Å². The molecule has 0 radical (unpaired) electrons. The van der Waals surface area contributed by atoms with Crippen LogP contribution in [0.25, 0.3) is 0 Å². The molecule has 0 saturated heterocycles. The van der Waals surface area contributed by atoms with Gasteiger partial charge in [0, 0.05) is 11.7 Å². The standard InChI is InChI=1S/C15H21NO3S2.Na.H/c17-14(8-4-1-5-11(21)9-10-20)16-13-7-3-2-6-12(13)15(18)19;;/h2-3,6-7,11,20-21H,1,4-5,8-10H2,(H,16,17)(H,18,19);;/q;+1;-1. The molecular formula is C15H22NNaO3S2. The van der Waals surface area contributed by atoms with Gasteiger partial charge in [0.25, 0.3) is 0 Å². The van der Waals surface area contributed by atoms with E-state index in [4.69, 9.17) is 5.11 Å². The van der Waals surface area contributed by atoms with E-state index in [0.29, 0.717) is 17.4 Å². The van der Waals surface area contributed by atoms with Crippen molar-refractivity contribution < 1.29 is 45.7 Å². The van der Waals surface area contributed by atoms with Crippen LogP contribution in [0.3, 0.4) is 0 Å². The molecule has 0 spiro atoms. The Morgan fingerprint density at radius 1 is 1.23 bits per heavy atom. The zero-order valence-electron chi connectivity index (χ0n) is 13.8. The van der Waals surface area contributed by atoms with Crippen molar-refractivity contribution in [3.05, 3.63) is 29.8 Å². The molecule has 1 unspecified atom stereocenters. The number of unbranched alkanes of at least 4 members (excludes halogenated alkanes) is 1. The Balaban J connectivity index is 0. The van der Waals surface area contributed by atoms with Crippen molar-refractivity contribution in [3.8, 4) is 0 Å². The second kappa shape index (κ2) is 12.3. The van der Waals surface area contributed by atoms with Gasteiger partial charge in [-0.25, -0.2) is 4.79 Å². The van der Waals surface area contributed by atoms with Crippen LogP contribution in [0.4, 0.5) is 5.69 Å². The predicted molar refractivity (Wildman–Crippen MR) is 92.9 cm³/mol. The fourth-order valence-electron chi connectivity index (χ4n) is 1.95. The SMILES string of the molecule is O=C(CCCCC(S)CCS)Nc1ccccc1C(=O)O.[H-].[Na+]. The van der Waals surface area contributed by atoms with Crippen LogP contribution in [0.1, 0.15) is 43.9 Å². The maximum absolute atomic E-state index is 11.8. The summed E-state index contributed by atoms with van der Waals surface area (Å²) >= 11 is 8.59. The monoisotopic (exact) mass is 351 g/mol. The average molecular weight is 351 g/mol. The zero-order chi connectivity index (χ0) is 15.7. The molecule has 1 aromatic carbocycles. The van der Waals surface area contributed by atoms with Crippen molar-refractivity contribution >= 4 is 42.8 Å². The molecule has 4 nitrogen and oxygen atoms in total. The molecule has 0 saturated carbocycles. The average Bonchev–Trinajstić information content (AvgIpc) is 2.44. The van der Waals surface area contributed by atoms with Crippen LogP contribution in [0.15, 0.2) is 24.3 Å². The number of rotatable bonds is 9. The quantitative estimate of drug-likeness (QED) is 0.300. The van der Waals surface area contributed by atoms with E-state index < -0.39 is 5.97 Å². The van der Waals surface area contributed by atoms with Crippen LogP contribution in [-0.2, 0) is 4.79 Å². The minimum Gasteiger partial charge on any atom is -1.00 e. The van der Waals surface area contributed by atoms with Crippen LogP contribution < -0.4 is 34.9 Å². The summed E-state index contributed by atoms with van der Waals surface area (Å²) in [4.78, 5) is 22.9. The first-order valence-corrected chi connectivity index (χ1v) is 8.10. The number of aromatic carboxylic acids is 1. The van der Waals surface area contributed by atoms with Crippen LogP contribution in [0, 0.1) is 0 Å². The number of amides is 1. The topological polar surface area (TPSA) is 66.4 Å². The third-order valence-corrected chi connectivity index (χ3v) is 3.86. The van der Waals surface area contributed by atoms with Crippen LogP contribution in [-0.4, -0.2) is 28.0 Å². The molecule has 0 fully saturated rings. The summed E-state index contributed by atoms with van der Waals surface area (Å²) in [5.41, 5.74) is 0.451. The fourth-order valence-corrected chi connectivity index (χ4v) is 2.78. The largest absolute Gasteiger partial charge is 1.00 e. The van der Waals surface area contributed by atoms with E-state index in [1.54, 1.807) is 18.2 Å². The first kappa shape index (κ1) is 21.9. The van der Waals surface area contributed by atoms with Gasteiger partial charge < -0.3 is 11.8 Å². The van der Waals surface area contributed by atoms with E-state index in [0.717, 1.165) is 31.4 Å². The van der Waals surface area contributed by atoms with E-state index in [9.17, 15) is 9.59 Å². The molecule has 0 aliphatic carbocycles. The first-order chi connectivity index (χ1) is 10.0. The summed E-state index contributed by atoms with van der Waals surface area (Å²) in [5.74, 6) is -0.384. The third kappa shape index (κ3) is 8.48. The molecule has 0 aromatic heterocycles. The Morgan fingerprint density at radius 3 is 2.55 bits per heavy atom. The van der Waals surface area contributed by atoms with Gasteiger partial charge in [-0.1, -0.05) is 18.6 Å². The van der Waals surface area contributed by atoms with Gasteiger partial charge in [0.1, 0.15) is 0 Å². The van der Waals surface area contributed by atoms with E-state index in [-0.39, 0.29) is 42.5 Å². The number of hydrogen-bond donors (Lipinski definition) is 4. The van der Waals surface area contributed by atoms with Crippen molar-refractivity contribution in [2.24, 2.45) is 0 Å². The Labute approximate surface area is 166 Å². The third-order valence-electron chi connectivity index (χ3n) is 3.09. The van der Waals surface area contributed by atoms with Crippen molar-refractivity contribution in [2.75, 3.05) is 11.1 Å². The second-order valence-corrected chi connectivity index (χ2v) is 5.99. The van der Waals surface area contributed by atoms with E-state index in [1.807, 2.05) is 0 Å². The van der Waals surface area contributed by atoms with Crippen LogP contribution in [0.2, 0.25) is 0 Å². The molecule has 7 heteroatoms. The van der Waals surface area contributed by atoms with Gasteiger partial charge in [0.05, 0.1) is 11.3 Å². The molecule has 1 atom stereocenters. The minimum absolute atomic E-state index is 0. The van der Waals surface area contributed by atoms with Crippen molar-refractivity contribution in [1.82, 2.24) is 0 Å². The van der Waals surface area contributed by atoms with Gasteiger partial charge in [0.2, 0.25) is 5.91 Å². The van der Waals surface area contributed by atoms with Gasteiger partial charge >= 0.3 is 35.5 Å². The van der Waals surface area contributed by atoms with E-state index in [2.05, 4.69) is 30.6 Å². The smallest absolute Gasteiger partial charge is 1.00 e. The predicted octanol–water partition coefficient (Wildman–Crippen LogP) is 0.618. The first-order valence-electron chi connectivity index (χ1n) is 6.95. The summed E-state index contributed by atoms with van der Waals surface area (Å²) < 4.78 is 0. The summed E-state index contributed by atoms with van der Waals surface area (Å²) in [6.07, 6.45) is 4.00. The molecule has 1 rings (SSSR count). The summed E-state index contributed by atoms with van der Waals surface area (Å²) in [6.45, 7) is 0. The number of carbonyl (C=O) groups is 2. The van der Waals surface area contributed by atoms with Crippen molar-refractivity contribution in [2.45, 2.75) is 37.4 Å². The molecule has 1 amide bonds. The second-order valence-electron chi connectivity index (χ2n) is 4.81. The van der Waals surface area contributed by atoms with Gasteiger partial charge in [-0.05, 0) is 37.1 Å². The molecule has 22 heavy (non-hydrogen) atoms. The Kier molecular flexibility index (Phi) is 12.2.